The Bertz CT molecular complexity index is 931. The normalized spacial score (nSPS) is 22.7. The average Bonchev–Trinajstić information content (AvgIpc) is 3.51. The van der Waals surface area contributed by atoms with E-state index in [2.05, 4.69) is 24.3 Å². The van der Waals surface area contributed by atoms with Gasteiger partial charge in [0.15, 0.2) is 0 Å². The highest BCUT2D eigenvalue weighted by Crippen LogP contribution is 2.59. The average molecular weight is 433 g/mol. The zero-order valence-electron chi connectivity index (χ0n) is 17.5. The van der Waals surface area contributed by atoms with E-state index in [1.165, 1.54) is 12.7 Å². The van der Waals surface area contributed by atoms with E-state index in [1.54, 1.807) is 18.2 Å². The molecule has 0 bridgehead atoms. The number of nitrogens with zero attached hydrogens (tertiary/aromatic N) is 1. The summed E-state index contributed by atoms with van der Waals surface area (Å²) in [6.07, 6.45) is -3.17. The van der Waals surface area contributed by atoms with Crippen LogP contribution in [0.15, 0.2) is 48.5 Å². The van der Waals surface area contributed by atoms with Gasteiger partial charge in [-0.3, -0.25) is 4.79 Å². The molecular formula is C24H26F3NO3. The molecule has 166 valence electrons. The molecule has 1 aliphatic carbocycles. The van der Waals surface area contributed by atoms with E-state index in [-0.39, 0.29) is 17.9 Å². The Morgan fingerprint density at radius 2 is 1.97 bits per heavy atom. The summed E-state index contributed by atoms with van der Waals surface area (Å²) in [4.78, 5) is 15.0. The van der Waals surface area contributed by atoms with Crippen molar-refractivity contribution in [2.45, 2.75) is 37.5 Å². The number of hydrogen-bond acceptors (Lipinski definition) is 3. The Kier molecular flexibility index (Phi) is 5.97. The largest absolute Gasteiger partial charge is 0.496 e. The number of amides is 1. The van der Waals surface area contributed by atoms with Crippen molar-refractivity contribution in [2.75, 3.05) is 26.8 Å². The van der Waals surface area contributed by atoms with Gasteiger partial charge in [-0.2, -0.15) is 13.2 Å². The van der Waals surface area contributed by atoms with Crippen molar-refractivity contribution in [1.29, 1.82) is 0 Å². The minimum absolute atomic E-state index is 0.000885. The molecule has 2 aromatic rings. The van der Waals surface area contributed by atoms with E-state index >= 15 is 0 Å². The molecule has 2 atom stereocenters. The lowest BCUT2D eigenvalue weighted by Gasteiger charge is -2.32. The molecule has 1 amide bonds. The molecular weight excluding hydrogens is 407 g/mol. The lowest BCUT2D eigenvalue weighted by atomic mass is 9.87. The van der Waals surface area contributed by atoms with Crippen LogP contribution >= 0.6 is 0 Å². The van der Waals surface area contributed by atoms with Gasteiger partial charge in [-0.25, -0.2) is 0 Å². The van der Waals surface area contributed by atoms with Gasteiger partial charge >= 0.3 is 6.18 Å². The number of alkyl halides is 3. The fraction of sp³-hybridized carbons (Fsp3) is 0.458. The molecule has 1 aliphatic heterocycles. The predicted octanol–water partition coefficient (Wildman–Crippen LogP) is 4.97. The Morgan fingerprint density at radius 1 is 1.19 bits per heavy atom. The van der Waals surface area contributed by atoms with Gasteiger partial charge in [0.05, 0.1) is 26.7 Å². The molecule has 0 aromatic heterocycles. The topological polar surface area (TPSA) is 38.8 Å². The number of fused-ring (bicyclic) bond motifs is 1. The van der Waals surface area contributed by atoms with Gasteiger partial charge in [-0.05, 0) is 36.5 Å². The maximum Gasteiger partial charge on any atom is 0.391 e. The van der Waals surface area contributed by atoms with Crippen LogP contribution in [0, 0.1) is 5.92 Å². The second kappa shape index (κ2) is 8.54. The molecule has 0 radical (unpaired) electrons. The summed E-state index contributed by atoms with van der Waals surface area (Å²) < 4.78 is 47.2. The van der Waals surface area contributed by atoms with Gasteiger partial charge in [0, 0.05) is 29.6 Å². The number of ether oxygens (including phenoxy) is 2. The third-order valence-electron chi connectivity index (χ3n) is 6.46. The van der Waals surface area contributed by atoms with Crippen molar-refractivity contribution >= 4 is 5.91 Å². The van der Waals surface area contributed by atoms with Gasteiger partial charge in [0.25, 0.3) is 5.91 Å². The number of carbonyl (C=O) groups excluding carboxylic acids is 1. The third kappa shape index (κ3) is 4.71. The quantitative estimate of drug-likeness (QED) is 0.579. The number of carbonyl (C=O) groups is 1. The number of benzene rings is 2. The first kappa shape index (κ1) is 21.7. The summed E-state index contributed by atoms with van der Waals surface area (Å²) in [6, 6.07) is 15.5. The zero-order chi connectivity index (χ0) is 22.1. The van der Waals surface area contributed by atoms with Gasteiger partial charge in [-0.15, -0.1) is 0 Å². The van der Waals surface area contributed by atoms with E-state index in [0.29, 0.717) is 29.3 Å². The van der Waals surface area contributed by atoms with Crippen molar-refractivity contribution in [1.82, 2.24) is 4.90 Å². The van der Waals surface area contributed by atoms with Crippen LogP contribution in [-0.4, -0.2) is 43.8 Å². The molecule has 2 fully saturated rings. The summed E-state index contributed by atoms with van der Waals surface area (Å²) in [7, 11) is 1.47. The Labute approximate surface area is 180 Å². The van der Waals surface area contributed by atoms with Crippen LogP contribution < -0.4 is 4.74 Å². The predicted molar refractivity (Wildman–Crippen MR) is 110 cm³/mol. The molecule has 0 spiro atoms. The Morgan fingerprint density at radius 3 is 2.65 bits per heavy atom. The molecule has 0 N–H and O–H groups in total. The van der Waals surface area contributed by atoms with Gasteiger partial charge in [-0.1, -0.05) is 36.4 Å². The fourth-order valence-corrected chi connectivity index (χ4v) is 4.62. The monoisotopic (exact) mass is 433 g/mol. The van der Waals surface area contributed by atoms with Crippen LogP contribution in [0.4, 0.5) is 13.2 Å². The first-order valence-corrected chi connectivity index (χ1v) is 10.5. The van der Waals surface area contributed by atoms with Crippen LogP contribution in [0.3, 0.4) is 0 Å². The maximum absolute atomic E-state index is 13.1. The van der Waals surface area contributed by atoms with E-state index in [4.69, 9.17) is 9.47 Å². The van der Waals surface area contributed by atoms with Crippen molar-refractivity contribution < 1.29 is 27.4 Å². The Balaban J connectivity index is 1.37. The summed E-state index contributed by atoms with van der Waals surface area (Å²) in [6.45, 7) is 1.03. The summed E-state index contributed by atoms with van der Waals surface area (Å²) in [5, 5.41) is 0. The number of likely N-dealkylation sites (tertiary alicyclic amines) is 1. The molecule has 1 heterocycles. The Hall–Kier alpha value is -2.54. The van der Waals surface area contributed by atoms with E-state index in [1.807, 2.05) is 11.0 Å². The van der Waals surface area contributed by atoms with Gasteiger partial charge in [0.1, 0.15) is 5.75 Å². The molecule has 4 rings (SSSR count). The highest BCUT2D eigenvalue weighted by Gasteiger charge is 2.57. The highest BCUT2D eigenvalue weighted by molar-refractivity contribution is 5.95. The van der Waals surface area contributed by atoms with Crippen LogP contribution in [0.25, 0.3) is 0 Å². The molecule has 2 aromatic carbocycles. The number of piperidine rings is 1. The lowest BCUT2D eigenvalue weighted by Crippen LogP contribution is -2.40. The molecule has 1 saturated carbocycles. The first-order chi connectivity index (χ1) is 14.8. The van der Waals surface area contributed by atoms with Crippen LogP contribution in [0.5, 0.6) is 5.75 Å². The number of hydrogen-bond donors (Lipinski definition) is 0. The van der Waals surface area contributed by atoms with Crippen LogP contribution in [0.1, 0.15) is 40.7 Å². The van der Waals surface area contributed by atoms with Crippen molar-refractivity contribution in [2.24, 2.45) is 5.92 Å². The van der Waals surface area contributed by atoms with E-state index < -0.39 is 19.2 Å². The van der Waals surface area contributed by atoms with E-state index in [0.717, 1.165) is 19.4 Å². The van der Waals surface area contributed by atoms with Crippen LogP contribution in [0.2, 0.25) is 0 Å². The third-order valence-corrected chi connectivity index (χ3v) is 6.46. The molecule has 7 heteroatoms. The van der Waals surface area contributed by atoms with Gasteiger partial charge < -0.3 is 14.4 Å². The standard InChI is InChI=1S/C24H26F3NO3/c1-30-21-13-17(7-8-18(21)16-31-12-10-24(25,26)27)22(29)28-11-9-23(14-20(23)15-28)19-5-3-2-4-6-19/h2-8,13,20H,9-12,14-16H2,1H3. The van der Waals surface area contributed by atoms with Crippen molar-refractivity contribution in [3.8, 4) is 5.75 Å². The summed E-state index contributed by atoms with van der Waals surface area (Å²) in [5.41, 5.74) is 2.71. The van der Waals surface area contributed by atoms with Gasteiger partial charge in [0.2, 0.25) is 0 Å². The summed E-state index contributed by atoms with van der Waals surface area (Å²) in [5.74, 6) is 0.882. The van der Waals surface area contributed by atoms with E-state index in [9.17, 15) is 18.0 Å². The number of halogens is 3. The lowest BCUT2D eigenvalue weighted by molar-refractivity contribution is -0.146. The molecule has 2 aliphatic rings. The number of methoxy groups -OCH3 is 1. The first-order valence-electron chi connectivity index (χ1n) is 10.5. The fourth-order valence-electron chi connectivity index (χ4n) is 4.62. The second-order valence-corrected chi connectivity index (χ2v) is 8.37. The second-order valence-electron chi connectivity index (χ2n) is 8.37. The molecule has 1 saturated heterocycles. The van der Waals surface area contributed by atoms with Crippen molar-refractivity contribution in [3.63, 3.8) is 0 Å². The SMILES string of the molecule is COc1cc(C(=O)N2CCC3(c4ccccc4)CC3C2)ccc1COCCC(F)(F)F. The minimum atomic E-state index is -4.24. The molecule has 31 heavy (non-hydrogen) atoms. The number of rotatable bonds is 7. The maximum atomic E-state index is 13.1. The molecule has 2 unspecified atom stereocenters. The zero-order valence-corrected chi connectivity index (χ0v) is 17.5. The van der Waals surface area contributed by atoms with Crippen molar-refractivity contribution in [3.05, 3.63) is 65.2 Å². The smallest absolute Gasteiger partial charge is 0.391 e. The minimum Gasteiger partial charge on any atom is -0.496 e. The molecule has 4 nitrogen and oxygen atoms in total. The van der Waals surface area contributed by atoms with Crippen LogP contribution in [-0.2, 0) is 16.8 Å². The highest BCUT2D eigenvalue weighted by atomic mass is 19.4. The summed E-state index contributed by atoms with van der Waals surface area (Å²) >= 11 is 0.